The maximum Gasteiger partial charge on any atom is 0.267 e. The van der Waals surface area contributed by atoms with Crippen molar-refractivity contribution in [3.8, 4) is 6.07 Å². The Kier molecular flexibility index (Phi) is 4.78. The quantitative estimate of drug-likeness (QED) is 0.849. The SMILES string of the molecule is CC(C(=O)NC1CN(c2ccc(C#N)c3nccnc23)CC(F)(F)C1)N1C=CC1. The number of halogens is 2. The number of hydrogen-bond donors (Lipinski definition) is 1. The number of anilines is 1. The number of alkyl halides is 2. The third-order valence-electron chi connectivity index (χ3n) is 5.31. The molecule has 1 amide bonds. The summed E-state index contributed by atoms with van der Waals surface area (Å²) in [7, 11) is 0. The number of hydrogen-bond acceptors (Lipinski definition) is 6. The summed E-state index contributed by atoms with van der Waals surface area (Å²) in [6, 6.07) is 4.11. The van der Waals surface area contributed by atoms with Crippen LogP contribution in [0.4, 0.5) is 14.5 Å². The minimum absolute atomic E-state index is 0.224. The van der Waals surface area contributed by atoms with Crippen LogP contribution in [0.1, 0.15) is 18.9 Å². The van der Waals surface area contributed by atoms with Crippen LogP contribution in [-0.4, -0.2) is 58.4 Å². The summed E-state index contributed by atoms with van der Waals surface area (Å²) >= 11 is 0. The summed E-state index contributed by atoms with van der Waals surface area (Å²) < 4.78 is 29.0. The Balaban J connectivity index is 1.60. The van der Waals surface area contributed by atoms with Crippen molar-refractivity contribution in [2.24, 2.45) is 0 Å². The topological polar surface area (TPSA) is 85.2 Å². The van der Waals surface area contributed by atoms with Gasteiger partial charge in [-0.2, -0.15) is 5.26 Å². The fraction of sp³-hybridized carbons (Fsp3) is 0.400. The van der Waals surface area contributed by atoms with Crippen LogP contribution in [-0.2, 0) is 4.79 Å². The van der Waals surface area contributed by atoms with Gasteiger partial charge in [-0.3, -0.25) is 14.8 Å². The molecule has 0 aliphatic carbocycles. The highest BCUT2D eigenvalue weighted by Crippen LogP contribution is 2.34. The normalized spacial score (nSPS) is 21.4. The Morgan fingerprint density at radius 1 is 1.34 bits per heavy atom. The molecule has 2 atom stereocenters. The molecule has 4 rings (SSSR count). The van der Waals surface area contributed by atoms with E-state index in [1.807, 2.05) is 23.2 Å². The molecule has 2 unspecified atom stereocenters. The van der Waals surface area contributed by atoms with E-state index in [-0.39, 0.29) is 12.5 Å². The van der Waals surface area contributed by atoms with Crippen LogP contribution in [0.3, 0.4) is 0 Å². The standard InChI is InChI=1S/C20H20F2N6O/c1-13(27-7-2-8-27)19(29)26-15-9-20(21,22)12-28(11-15)16-4-3-14(10-23)17-18(16)25-6-5-24-17/h2-7,13,15H,8-9,11-12H2,1H3,(H,26,29). The van der Waals surface area contributed by atoms with Gasteiger partial charge in [0.15, 0.2) is 0 Å². The number of carbonyl (C=O) groups is 1. The lowest BCUT2D eigenvalue weighted by Crippen LogP contribution is -2.58. The molecule has 1 aromatic heterocycles. The molecule has 9 heteroatoms. The molecule has 2 aromatic rings. The van der Waals surface area contributed by atoms with Crippen molar-refractivity contribution in [1.82, 2.24) is 20.2 Å². The third-order valence-corrected chi connectivity index (χ3v) is 5.31. The van der Waals surface area contributed by atoms with Gasteiger partial charge in [-0.25, -0.2) is 8.78 Å². The zero-order chi connectivity index (χ0) is 20.6. The number of rotatable bonds is 4. The summed E-state index contributed by atoms with van der Waals surface area (Å²) in [6.07, 6.45) is 6.26. The zero-order valence-electron chi connectivity index (χ0n) is 15.8. The van der Waals surface area contributed by atoms with Crippen LogP contribution in [0, 0.1) is 11.3 Å². The summed E-state index contributed by atoms with van der Waals surface area (Å²) in [5, 5.41) is 12.0. The Morgan fingerprint density at radius 3 is 2.72 bits per heavy atom. The summed E-state index contributed by atoms with van der Waals surface area (Å²) in [4.78, 5) is 24.3. The molecule has 1 aromatic carbocycles. The molecule has 7 nitrogen and oxygen atoms in total. The van der Waals surface area contributed by atoms with Crippen molar-refractivity contribution in [3.05, 3.63) is 42.4 Å². The molecule has 0 saturated carbocycles. The molecule has 1 N–H and O–H groups in total. The number of nitrogens with one attached hydrogen (secondary N) is 1. The van der Waals surface area contributed by atoms with E-state index in [2.05, 4.69) is 15.3 Å². The van der Waals surface area contributed by atoms with E-state index in [1.54, 1.807) is 19.1 Å². The van der Waals surface area contributed by atoms with Crippen molar-refractivity contribution in [3.63, 3.8) is 0 Å². The van der Waals surface area contributed by atoms with Gasteiger partial charge in [0.1, 0.15) is 23.1 Å². The van der Waals surface area contributed by atoms with Gasteiger partial charge in [0.2, 0.25) is 5.91 Å². The van der Waals surface area contributed by atoms with Crippen LogP contribution in [0.2, 0.25) is 0 Å². The highest BCUT2D eigenvalue weighted by Gasteiger charge is 2.42. The summed E-state index contributed by atoms with van der Waals surface area (Å²) in [5.74, 6) is -3.25. The van der Waals surface area contributed by atoms with Gasteiger partial charge in [0.25, 0.3) is 5.92 Å². The van der Waals surface area contributed by atoms with Crippen LogP contribution in [0.5, 0.6) is 0 Å². The lowest BCUT2D eigenvalue weighted by atomic mass is 10.00. The number of aromatic nitrogens is 2. The molecule has 0 spiro atoms. The smallest absolute Gasteiger partial charge is 0.267 e. The lowest BCUT2D eigenvalue weighted by Gasteiger charge is -2.40. The highest BCUT2D eigenvalue weighted by molar-refractivity contribution is 5.92. The molecule has 0 radical (unpaired) electrons. The second kappa shape index (κ2) is 7.28. The fourth-order valence-corrected chi connectivity index (χ4v) is 3.75. The number of benzene rings is 1. The molecule has 0 bridgehead atoms. The monoisotopic (exact) mass is 398 g/mol. The van der Waals surface area contributed by atoms with Crippen molar-refractivity contribution in [2.45, 2.75) is 31.4 Å². The molecular weight excluding hydrogens is 378 g/mol. The minimum Gasteiger partial charge on any atom is -0.362 e. The van der Waals surface area contributed by atoms with Crippen molar-refractivity contribution in [1.29, 1.82) is 5.26 Å². The molecule has 1 fully saturated rings. The van der Waals surface area contributed by atoms with Gasteiger partial charge in [-0.1, -0.05) is 0 Å². The Morgan fingerprint density at radius 2 is 2.07 bits per heavy atom. The predicted octanol–water partition coefficient (Wildman–Crippen LogP) is 2.05. The maximum absolute atomic E-state index is 14.5. The Labute approximate surface area is 166 Å². The van der Waals surface area contributed by atoms with Gasteiger partial charge in [0.05, 0.1) is 23.8 Å². The number of nitrogens with zero attached hydrogens (tertiary/aromatic N) is 5. The molecule has 1 saturated heterocycles. The van der Waals surface area contributed by atoms with Gasteiger partial charge < -0.3 is 15.1 Å². The second-order valence-electron chi connectivity index (χ2n) is 7.40. The highest BCUT2D eigenvalue weighted by atomic mass is 19.3. The van der Waals surface area contributed by atoms with E-state index < -0.39 is 31.0 Å². The van der Waals surface area contributed by atoms with Gasteiger partial charge in [0, 0.05) is 31.9 Å². The largest absolute Gasteiger partial charge is 0.362 e. The molecule has 2 aliphatic rings. The van der Waals surface area contributed by atoms with Gasteiger partial charge >= 0.3 is 0 Å². The van der Waals surface area contributed by atoms with Gasteiger partial charge in [-0.05, 0) is 31.3 Å². The average Bonchev–Trinajstić information content (AvgIpc) is 2.64. The number of fused-ring (bicyclic) bond motifs is 1. The Bertz CT molecular complexity index is 1020. The molecule has 29 heavy (non-hydrogen) atoms. The van der Waals surface area contributed by atoms with E-state index in [1.165, 1.54) is 17.3 Å². The molecule has 2 aliphatic heterocycles. The van der Waals surface area contributed by atoms with Crippen molar-refractivity contribution in [2.75, 3.05) is 24.5 Å². The molecule has 3 heterocycles. The van der Waals surface area contributed by atoms with E-state index in [4.69, 9.17) is 0 Å². The fourth-order valence-electron chi connectivity index (χ4n) is 3.75. The molecule has 150 valence electrons. The van der Waals surface area contributed by atoms with E-state index in [0.717, 1.165) is 0 Å². The predicted molar refractivity (Wildman–Crippen MR) is 103 cm³/mol. The van der Waals surface area contributed by atoms with Crippen LogP contribution >= 0.6 is 0 Å². The Hall–Kier alpha value is -3.28. The van der Waals surface area contributed by atoms with E-state index in [9.17, 15) is 18.8 Å². The number of nitriles is 1. The first-order valence-corrected chi connectivity index (χ1v) is 9.37. The number of piperidine rings is 1. The first-order chi connectivity index (χ1) is 13.9. The summed E-state index contributed by atoms with van der Waals surface area (Å²) in [6.45, 7) is 2.17. The van der Waals surface area contributed by atoms with Crippen molar-refractivity contribution >= 4 is 22.6 Å². The van der Waals surface area contributed by atoms with Crippen LogP contribution in [0.25, 0.3) is 11.0 Å². The summed E-state index contributed by atoms with van der Waals surface area (Å²) in [5.41, 5.74) is 1.58. The van der Waals surface area contributed by atoms with Crippen molar-refractivity contribution < 1.29 is 13.6 Å². The number of carbonyl (C=O) groups excluding carboxylic acids is 1. The first kappa shape index (κ1) is 19.1. The van der Waals surface area contributed by atoms with Gasteiger partial charge in [-0.15, -0.1) is 0 Å². The first-order valence-electron chi connectivity index (χ1n) is 9.37. The molecular formula is C20H20F2N6O. The van der Waals surface area contributed by atoms with E-state index >= 15 is 0 Å². The van der Waals surface area contributed by atoms with Crippen LogP contribution in [0.15, 0.2) is 36.8 Å². The second-order valence-corrected chi connectivity index (χ2v) is 7.40. The zero-order valence-corrected chi connectivity index (χ0v) is 15.8. The lowest BCUT2D eigenvalue weighted by molar-refractivity contribution is -0.126. The average molecular weight is 398 g/mol. The number of amides is 1. The minimum atomic E-state index is -2.97. The third kappa shape index (κ3) is 3.70. The maximum atomic E-state index is 14.5. The van der Waals surface area contributed by atoms with Crippen LogP contribution < -0.4 is 10.2 Å². The van der Waals surface area contributed by atoms with E-state index in [0.29, 0.717) is 28.8 Å².